The van der Waals surface area contributed by atoms with Crippen molar-refractivity contribution in [3.63, 3.8) is 0 Å². The molecule has 3 rings (SSSR count). The highest BCUT2D eigenvalue weighted by atomic mass is 16.5. The van der Waals surface area contributed by atoms with Crippen LogP contribution in [-0.2, 0) is 7.05 Å². The summed E-state index contributed by atoms with van der Waals surface area (Å²) in [6, 6.07) is 5.73. The van der Waals surface area contributed by atoms with E-state index in [-0.39, 0.29) is 12.1 Å². The minimum atomic E-state index is -0.0675. The molecule has 0 amide bonds. The fraction of sp³-hybridized carbons (Fsp3) is 0.357. The number of hydrogen-bond donors (Lipinski definition) is 1. The summed E-state index contributed by atoms with van der Waals surface area (Å²) < 4.78 is 13.2. The Hall–Kier alpha value is -2.01. The summed E-state index contributed by atoms with van der Waals surface area (Å²) in [5.74, 6) is 1.57. The predicted molar refractivity (Wildman–Crippen MR) is 71.1 cm³/mol. The number of nitrogens with two attached hydrogens (primary N) is 1. The average Bonchev–Trinajstić information content (AvgIpc) is 2.84. The third-order valence-electron chi connectivity index (χ3n) is 3.54. The Morgan fingerprint density at radius 1 is 1.47 bits per heavy atom. The van der Waals surface area contributed by atoms with E-state index in [0.717, 1.165) is 29.2 Å². The molecule has 2 atom stereocenters. The Morgan fingerprint density at radius 3 is 3.00 bits per heavy atom. The third-order valence-corrected chi connectivity index (χ3v) is 3.54. The third kappa shape index (κ3) is 2.06. The van der Waals surface area contributed by atoms with Gasteiger partial charge in [-0.2, -0.15) is 0 Å². The lowest BCUT2D eigenvalue weighted by molar-refractivity contribution is 0.153. The summed E-state index contributed by atoms with van der Waals surface area (Å²) in [6.07, 6.45) is 4.27. The molecule has 5 nitrogen and oxygen atoms in total. The van der Waals surface area contributed by atoms with Gasteiger partial charge in [0.15, 0.2) is 0 Å². The molecule has 19 heavy (non-hydrogen) atoms. The first kappa shape index (κ1) is 12.0. The van der Waals surface area contributed by atoms with E-state index in [1.165, 1.54) is 0 Å². The van der Waals surface area contributed by atoms with Gasteiger partial charge in [-0.3, -0.25) is 0 Å². The van der Waals surface area contributed by atoms with Crippen LogP contribution in [0.25, 0.3) is 0 Å². The maximum atomic E-state index is 6.23. The van der Waals surface area contributed by atoms with Gasteiger partial charge in [0.25, 0.3) is 0 Å². The molecule has 0 radical (unpaired) electrons. The van der Waals surface area contributed by atoms with Crippen molar-refractivity contribution in [2.24, 2.45) is 12.8 Å². The van der Waals surface area contributed by atoms with Crippen molar-refractivity contribution in [1.29, 1.82) is 0 Å². The van der Waals surface area contributed by atoms with Gasteiger partial charge in [-0.05, 0) is 6.07 Å². The van der Waals surface area contributed by atoms with E-state index in [1.54, 1.807) is 13.4 Å². The summed E-state index contributed by atoms with van der Waals surface area (Å²) in [7, 11) is 3.60. The lowest BCUT2D eigenvalue weighted by atomic mass is 9.96. The quantitative estimate of drug-likeness (QED) is 0.895. The number of rotatable bonds is 2. The monoisotopic (exact) mass is 259 g/mol. The predicted octanol–water partition coefficient (Wildman–Crippen LogP) is 1.95. The number of aromatic nitrogens is 2. The normalized spacial score (nSPS) is 21.6. The van der Waals surface area contributed by atoms with Gasteiger partial charge in [0.05, 0.1) is 25.3 Å². The van der Waals surface area contributed by atoms with Crippen LogP contribution in [0.2, 0.25) is 0 Å². The van der Waals surface area contributed by atoms with Crippen molar-refractivity contribution < 1.29 is 9.47 Å². The molecular formula is C14H17N3O2. The number of nitrogens with zero attached hydrogens (tertiary/aromatic N) is 2. The van der Waals surface area contributed by atoms with E-state index in [0.29, 0.717) is 0 Å². The Bertz CT molecular complexity index is 594. The smallest absolute Gasteiger partial charge is 0.142 e. The van der Waals surface area contributed by atoms with Crippen molar-refractivity contribution in [1.82, 2.24) is 9.55 Å². The van der Waals surface area contributed by atoms with Crippen LogP contribution in [0.5, 0.6) is 11.5 Å². The molecule has 0 saturated carbocycles. The van der Waals surface area contributed by atoms with Crippen molar-refractivity contribution >= 4 is 0 Å². The Balaban J connectivity index is 1.96. The molecular weight excluding hydrogens is 242 g/mol. The Kier molecular flexibility index (Phi) is 2.91. The van der Waals surface area contributed by atoms with Crippen LogP contribution >= 0.6 is 0 Å². The van der Waals surface area contributed by atoms with Crippen LogP contribution in [-0.4, -0.2) is 16.7 Å². The zero-order valence-corrected chi connectivity index (χ0v) is 11.0. The zero-order chi connectivity index (χ0) is 13.4. The molecule has 0 aliphatic carbocycles. The summed E-state index contributed by atoms with van der Waals surface area (Å²) in [4.78, 5) is 4.13. The van der Waals surface area contributed by atoms with Crippen LogP contribution in [0, 0.1) is 0 Å². The number of aryl methyl sites for hydroxylation is 1. The molecule has 0 fully saturated rings. The summed E-state index contributed by atoms with van der Waals surface area (Å²) in [5, 5.41) is 0. The molecule has 0 bridgehead atoms. The first-order valence-corrected chi connectivity index (χ1v) is 6.25. The van der Waals surface area contributed by atoms with Crippen LogP contribution < -0.4 is 15.2 Å². The molecule has 1 aliphatic rings. The standard InChI is InChI=1S/C14H17N3O2/c1-17-8-16-7-12(17)14-6-11(15)10-4-3-9(18-2)5-13(10)19-14/h3-5,7-8,11,14H,6,15H2,1-2H3. The lowest BCUT2D eigenvalue weighted by Crippen LogP contribution is -2.25. The molecule has 2 heterocycles. The highest BCUT2D eigenvalue weighted by Gasteiger charge is 2.28. The SMILES string of the molecule is COc1ccc2c(c1)OC(c1cncn1C)CC2N. The molecule has 0 spiro atoms. The summed E-state index contributed by atoms with van der Waals surface area (Å²) >= 11 is 0. The van der Waals surface area contributed by atoms with Gasteiger partial charge in [-0.15, -0.1) is 0 Å². The topological polar surface area (TPSA) is 62.3 Å². The molecule has 1 aromatic carbocycles. The number of imidazole rings is 1. The van der Waals surface area contributed by atoms with Crippen LogP contribution in [0.4, 0.5) is 0 Å². The van der Waals surface area contributed by atoms with E-state index >= 15 is 0 Å². The maximum Gasteiger partial charge on any atom is 0.142 e. The first-order valence-electron chi connectivity index (χ1n) is 6.25. The van der Waals surface area contributed by atoms with E-state index in [9.17, 15) is 0 Å². The Labute approximate surface area is 112 Å². The van der Waals surface area contributed by atoms with Gasteiger partial charge in [-0.1, -0.05) is 6.07 Å². The molecule has 100 valence electrons. The molecule has 0 saturated heterocycles. The van der Waals surface area contributed by atoms with Crippen molar-refractivity contribution in [3.8, 4) is 11.5 Å². The molecule has 1 aliphatic heterocycles. The summed E-state index contributed by atoms with van der Waals surface area (Å²) in [6.45, 7) is 0. The minimum Gasteiger partial charge on any atom is -0.497 e. The van der Waals surface area contributed by atoms with E-state index in [1.807, 2.05) is 36.0 Å². The first-order chi connectivity index (χ1) is 9.19. The van der Waals surface area contributed by atoms with E-state index in [2.05, 4.69) is 4.98 Å². The van der Waals surface area contributed by atoms with Gasteiger partial charge in [0.1, 0.15) is 17.6 Å². The van der Waals surface area contributed by atoms with Crippen molar-refractivity contribution in [2.75, 3.05) is 7.11 Å². The number of benzene rings is 1. The van der Waals surface area contributed by atoms with Crippen molar-refractivity contribution in [3.05, 3.63) is 42.0 Å². The summed E-state index contributed by atoms with van der Waals surface area (Å²) in [5.41, 5.74) is 8.29. The second kappa shape index (κ2) is 4.59. The largest absolute Gasteiger partial charge is 0.497 e. The highest BCUT2D eigenvalue weighted by molar-refractivity contribution is 5.44. The van der Waals surface area contributed by atoms with Gasteiger partial charge in [-0.25, -0.2) is 4.98 Å². The fourth-order valence-corrected chi connectivity index (χ4v) is 2.47. The van der Waals surface area contributed by atoms with Gasteiger partial charge >= 0.3 is 0 Å². The number of methoxy groups -OCH3 is 1. The molecule has 2 aromatic rings. The second-order valence-corrected chi connectivity index (χ2v) is 4.78. The zero-order valence-electron chi connectivity index (χ0n) is 11.0. The average molecular weight is 259 g/mol. The molecule has 1 aromatic heterocycles. The van der Waals surface area contributed by atoms with Gasteiger partial charge in [0.2, 0.25) is 0 Å². The van der Waals surface area contributed by atoms with E-state index in [4.69, 9.17) is 15.2 Å². The molecule has 2 N–H and O–H groups in total. The highest BCUT2D eigenvalue weighted by Crippen LogP contribution is 2.40. The van der Waals surface area contributed by atoms with Crippen LogP contribution in [0.15, 0.2) is 30.7 Å². The maximum absolute atomic E-state index is 6.23. The number of hydrogen-bond acceptors (Lipinski definition) is 4. The van der Waals surface area contributed by atoms with E-state index < -0.39 is 0 Å². The molecule has 5 heteroatoms. The lowest BCUT2D eigenvalue weighted by Gasteiger charge is -2.30. The van der Waals surface area contributed by atoms with Crippen molar-refractivity contribution in [2.45, 2.75) is 18.6 Å². The fourth-order valence-electron chi connectivity index (χ4n) is 2.47. The van der Waals surface area contributed by atoms with Gasteiger partial charge < -0.3 is 19.8 Å². The minimum absolute atomic E-state index is 0.0328. The Morgan fingerprint density at radius 2 is 2.32 bits per heavy atom. The molecule has 2 unspecified atom stereocenters. The number of fused-ring (bicyclic) bond motifs is 1. The van der Waals surface area contributed by atoms with Crippen LogP contribution in [0.3, 0.4) is 0 Å². The second-order valence-electron chi connectivity index (χ2n) is 4.78. The van der Waals surface area contributed by atoms with Crippen LogP contribution in [0.1, 0.15) is 29.8 Å². The van der Waals surface area contributed by atoms with Gasteiger partial charge in [0, 0.05) is 31.1 Å². The number of ether oxygens (including phenoxy) is 2.